The second-order valence-corrected chi connectivity index (χ2v) is 6.59. The number of thioether (sulfide) groups is 1. The zero-order valence-electron chi connectivity index (χ0n) is 12.7. The average Bonchev–Trinajstić information content (AvgIpc) is 2.59. The van der Waals surface area contributed by atoms with Crippen molar-refractivity contribution >= 4 is 23.2 Å². The molecular weight excluding hydrogens is 326 g/mol. The minimum atomic E-state index is -0.486. The quantitative estimate of drug-likeness (QED) is 0.649. The lowest BCUT2D eigenvalue weighted by Gasteiger charge is -2.23. The number of carbonyl (C=O) groups is 1. The SMILES string of the molecule is O=C1C[C@@H](c2ccccc2)CC(O)=C1Sc1ccccc1[N+](=O)[O-]. The Labute approximate surface area is 143 Å². The number of nitro groups is 1. The molecule has 6 heteroatoms. The molecule has 0 saturated carbocycles. The molecule has 0 aromatic heterocycles. The molecule has 0 amide bonds. The third-order valence-corrected chi connectivity index (χ3v) is 5.16. The molecule has 0 bridgehead atoms. The lowest BCUT2D eigenvalue weighted by molar-refractivity contribution is -0.387. The van der Waals surface area contributed by atoms with E-state index in [-0.39, 0.29) is 34.5 Å². The lowest BCUT2D eigenvalue weighted by atomic mass is 9.86. The van der Waals surface area contributed by atoms with Crippen LogP contribution in [0.5, 0.6) is 0 Å². The molecule has 122 valence electrons. The number of para-hydroxylation sites is 1. The average molecular weight is 341 g/mol. The van der Waals surface area contributed by atoms with Gasteiger partial charge in [-0.3, -0.25) is 14.9 Å². The van der Waals surface area contributed by atoms with Gasteiger partial charge in [0.15, 0.2) is 5.78 Å². The number of ketones is 1. The number of nitro benzene ring substituents is 1. The van der Waals surface area contributed by atoms with E-state index < -0.39 is 4.92 Å². The van der Waals surface area contributed by atoms with Gasteiger partial charge in [-0.2, -0.15) is 0 Å². The first kappa shape index (κ1) is 16.3. The minimum Gasteiger partial charge on any atom is -0.511 e. The van der Waals surface area contributed by atoms with Crippen LogP contribution in [0.4, 0.5) is 5.69 Å². The maximum atomic E-state index is 12.5. The van der Waals surface area contributed by atoms with Crippen LogP contribution in [-0.2, 0) is 4.79 Å². The van der Waals surface area contributed by atoms with Crippen LogP contribution < -0.4 is 0 Å². The van der Waals surface area contributed by atoms with Crippen LogP contribution in [-0.4, -0.2) is 15.8 Å². The molecule has 2 aromatic carbocycles. The third kappa shape index (κ3) is 3.33. The minimum absolute atomic E-state index is 0.00301. The van der Waals surface area contributed by atoms with Gasteiger partial charge in [-0.15, -0.1) is 0 Å². The number of benzene rings is 2. The molecule has 3 rings (SSSR count). The van der Waals surface area contributed by atoms with Crippen molar-refractivity contribution in [3.05, 3.63) is 80.9 Å². The van der Waals surface area contributed by atoms with E-state index in [9.17, 15) is 20.0 Å². The first-order chi connectivity index (χ1) is 11.6. The van der Waals surface area contributed by atoms with Crippen molar-refractivity contribution in [2.45, 2.75) is 23.7 Å². The normalized spacial score (nSPS) is 17.8. The van der Waals surface area contributed by atoms with E-state index in [0.29, 0.717) is 11.3 Å². The largest absolute Gasteiger partial charge is 0.511 e. The third-order valence-electron chi connectivity index (χ3n) is 3.93. The van der Waals surface area contributed by atoms with Gasteiger partial charge in [-0.1, -0.05) is 54.2 Å². The summed E-state index contributed by atoms with van der Waals surface area (Å²) < 4.78 is 0. The molecule has 0 radical (unpaired) electrons. The lowest BCUT2D eigenvalue weighted by Crippen LogP contribution is -2.17. The molecule has 0 unspecified atom stereocenters. The molecule has 0 heterocycles. The number of aliphatic hydroxyl groups excluding tert-OH is 1. The predicted octanol–water partition coefficient (Wildman–Crippen LogP) is 4.60. The summed E-state index contributed by atoms with van der Waals surface area (Å²) in [7, 11) is 0. The molecule has 0 spiro atoms. The number of nitrogens with zero attached hydrogens (tertiary/aromatic N) is 1. The summed E-state index contributed by atoms with van der Waals surface area (Å²) in [5, 5.41) is 21.4. The number of aliphatic hydroxyl groups is 1. The summed E-state index contributed by atoms with van der Waals surface area (Å²) in [6, 6.07) is 15.8. The van der Waals surface area contributed by atoms with E-state index in [1.54, 1.807) is 18.2 Å². The summed E-state index contributed by atoms with van der Waals surface area (Å²) in [5.41, 5.74) is 0.938. The maximum absolute atomic E-state index is 12.5. The Hall–Kier alpha value is -2.60. The predicted molar refractivity (Wildman–Crippen MR) is 92.0 cm³/mol. The summed E-state index contributed by atoms with van der Waals surface area (Å²) in [6.45, 7) is 0. The van der Waals surface area contributed by atoms with Gasteiger partial charge in [-0.25, -0.2) is 0 Å². The van der Waals surface area contributed by atoms with Gasteiger partial charge in [0.05, 0.1) is 14.7 Å². The van der Waals surface area contributed by atoms with E-state index in [4.69, 9.17) is 0 Å². The van der Waals surface area contributed by atoms with E-state index in [1.165, 1.54) is 6.07 Å². The number of rotatable bonds is 4. The molecule has 5 nitrogen and oxygen atoms in total. The second kappa shape index (κ2) is 6.88. The van der Waals surface area contributed by atoms with Crippen LogP contribution in [0.25, 0.3) is 0 Å². The highest BCUT2D eigenvalue weighted by Crippen LogP contribution is 2.42. The fourth-order valence-corrected chi connectivity index (χ4v) is 3.77. The molecule has 1 N–H and O–H groups in total. The number of allylic oxidation sites excluding steroid dienone is 2. The van der Waals surface area contributed by atoms with Gasteiger partial charge in [-0.05, 0) is 17.5 Å². The summed E-state index contributed by atoms with van der Waals surface area (Å²) in [5.74, 6) is -0.243. The van der Waals surface area contributed by atoms with Gasteiger partial charge in [0.2, 0.25) is 0 Å². The molecular formula is C18H15NO4S. The van der Waals surface area contributed by atoms with Gasteiger partial charge >= 0.3 is 0 Å². The van der Waals surface area contributed by atoms with Crippen molar-refractivity contribution in [3.8, 4) is 0 Å². The van der Waals surface area contributed by atoms with Crippen molar-refractivity contribution < 1.29 is 14.8 Å². The van der Waals surface area contributed by atoms with Crippen molar-refractivity contribution in [1.82, 2.24) is 0 Å². The Balaban J connectivity index is 1.87. The van der Waals surface area contributed by atoms with Crippen LogP contribution in [0, 0.1) is 10.1 Å². The van der Waals surface area contributed by atoms with Crippen molar-refractivity contribution in [2.75, 3.05) is 0 Å². The highest BCUT2D eigenvalue weighted by molar-refractivity contribution is 8.04. The molecule has 1 atom stereocenters. The topological polar surface area (TPSA) is 80.4 Å². The zero-order chi connectivity index (χ0) is 17.1. The van der Waals surface area contributed by atoms with E-state index >= 15 is 0 Å². The zero-order valence-corrected chi connectivity index (χ0v) is 13.5. The first-order valence-electron chi connectivity index (χ1n) is 7.48. The smallest absolute Gasteiger partial charge is 0.283 e. The first-order valence-corrected chi connectivity index (χ1v) is 8.29. The molecule has 0 fully saturated rings. The summed E-state index contributed by atoms with van der Waals surface area (Å²) >= 11 is 0.971. The van der Waals surface area contributed by atoms with Crippen molar-refractivity contribution in [1.29, 1.82) is 0 Å². The Bertz CT molecular complexity index is 817. The number of hydrogen-bond acceptors (Lipinski definition) is 5. The molecule has 0 saturated heterocycles. The highest BCUT2D eigenvalue weighted by Gasteiger charge is 2.30. The van der Waals surface area contributed by atoms with Crippen molar-refractivity contribution in [2.24, 2.45) is 0 Å². The molecule has 1 aliphatic carbocycles. The number of Topliss-reactive ketones (excluding diaryl/α,β-unsaturated/α-hetero) is 1. The van der Waals surface area contributed by atoms with Crippen molar-refractivity contribution in [3.63, 3.8) is 0 Å². The molecule has 2 aromatic rings. The highest BCUT2D eigenvalue weighted by atomic mass is 32.2. The second-order valence-electron chi connectivity index (χ2n) is 5.54. The molecule has 1 aliphatic rings. The Kier molecular flexibility index (Phi) is 4.66. The van der Waals surface area contributed by atoms with Gasteiger partial charge in [0.1, 0.15) is 5.76 Å². The fraction of sp³-hybridized carbons (Fsp3) is 0.167. The van der Waals surface area contributed by atoms with Crippen LogP contribution >= 0.6 is 11.8 Å². The monoisotopic (exact) mass is 341 g/mol. The van der Waals surface area contributed by atoms with Gasteiger partial charge < -0.3 is 5.11 Å². The standard InChI is InChI=1S/C18H15NO4S/c20-15-10-13(12-6-2-1-3-7-12)11-16(21)18(15)24-17-9-5-4-8-14(17)19(22)23/h1-9,13,20H,10-11H2/t13-/m0/s1. The molecule has 0 aliphatic heterocycles. The summed E-state index contributed by atoms with van der Waals surface area (Å²) in [4.78, 5) is 23.6. The fourth-order valence-electron chi connectivity index (χ4n) is 2.76. The van der Waals surface area contributed by atoms with Gasteiger partial charge in [0.25, 0.3) is 5.69 Å². The summed E-state index contributed by atoms with van der Waals surface area (Å²) in [6.07, 6.45) is 0.649. The maximum Gasteiger partial charge on any atom is 0.283 e. The van der Waals surface area contributed by atoms with Crippen LogP contribution in [0.2, 0.25) is 0 Å². The number of carbonyl (C=O) groups excluding carboxylic acids is 1. The van der Waals surface area contributed by atoms with E-state index in [0.717, 1.165) is 17.3 Å². The van der Waals surface area contributed by atoms with E-state index in [2.05, 4.69) is 0 Å². The van der Waals surface area contributed by atoms with Crippen LogP contribution in [0.3, 0.4) is 0 Å². The Morgan fingerprint density at radius 1 is 1.04 bits per heavy atom. The van der Waals surface area contributed by atoms with Gasteiger partial charge in [0, 0.05) is 18.9 Å². The Morgan fingerprint density at radius 3 is 2.38 bits per heavy atom. The number of hydrogen-bond donors (Lipinski definition) is 1. The van der Waals surface area contributed by atoms with E-state index in [1.807, 2.05) is 30.3 Å². The van der Waals surface area contributed by atoms with Crippen LogP contribution in [0.1, 0.15) is 24.3 Å². The Morgan fingerprint density at radius 2 is 1.71 bits per heavy atom. The van der Waals surface area contributed by atoms with Crippen LogP contribution in [0.15, 0.2) is 70.2 Å². The molecule has 24 heavy (non-hydrogen) atoms.